The molecule has 9 heteroatoms. The maximum Gasteiger partial charge on any atom is 0.347 e. The van der Waals surface area contributed by atoms with Gasteiger partial charge < -0.3 is 14.5 Å². The van der Waals surface area contributed by atoms with Crippen LogP contribution in [0.1, 0.15) is 31.1 Å². The molecule has 4 aromatic rings. The number of carbonyl (C=O) groups is 3. The number of amides is 3. The first kappa shape index (κ1) is 22.2. The summed E-state index contributed by atoms with van der Waals surface area (Å²) in [5.41, 5.74) is 1.60. The summed E-state index contributed by atoms with van der Waals surface area (Å²) >= 11 is 0. The second-order valence-electron chi connectivity index (χ2n) is 7.87. The summed E-state index contributed by atoms with van der Waals surface area (Å²) in [6.45, 7) is 0.359. The van der Waals surface area contributed by atoms with Crippen LogP contribution in [-0.2, 0) is 4.74 Å². The van der Waals surface area contributed by atoms with E-state index < -0.39 is 23.3 Å². The van der Waals surface area contributed by atoms with Crippen molar-refractivity contribution in [1.29, 1.82) is 0 Å². The molecule has 174 valence electrons. The van der Waals surface area contributed by atoms with E-state index in [1.807, 2.05) is 0 Å². The van der Waals surface area contributed by atoms with Crippen LogP contribution in [0.4, 0.5) is 5.69 Å². The number of aromatic nitrogens is 1. The molecule has 1 aliphatic rings. The summed E-state index contributed by atoms with van der Waals surface area (Å²) in [5, 5.41) is 3.15. The highest BCUT2D eigenvalue weighted by molar-refractivity contribution is 6.22. The van der Waals surface area contributed by atoms with Crippen molar-refractivity contribution in [1.82, 2.24) is 9.88 Å². The van der Waals surface area contributed by atoms with E-state index >= 15 is 0 Å². The van der Waals surface area contributed by atoms with Crippen molar-refractivity contribution in [2.45, 2.75) is 0 Å². The van der Waals surface area contributed by atoms with Crippen LogP contribution in [0.5, 0.6) is 0 Å². The number of carbonyl (C=O) groups excluding carboxylic acids is 3. The predicted molar refractivity (Wildman–Crippen MR) is 127 cm³/mol. The highest BCUT2D eigenvalue weighted by Crippen LogP contribution is 2.25. The third-order valence-electron chi connectivity index (χ3n) is 5.65. The summed E-state index contributed by atoms with van der Waals surface area (Å²) in [6, 6.07) is 18.0. The first-order chi connectivity index (χ1) is 17.0. The molecule has 35 heavy (non-hydrogen) atoms. The highest BCUT2D eigenvalue weighted by atomic mass is 16.5. The zero-order valence-corrected chi connectivity index (χ0v) is 18.6. The van der Waals surface area contributed by atoms with Gasteiger partial charge in [-0.05, 0) is 48.5 Å². The molecule has 5 rings (SSSR count). The molecular formula is C26H19N3O6. The van der Waals surface area contributed by atoms with Crippen molar-refractivity contribution in [3.8, 4) is 11.5 Å². The Morgan fingerprint density at radius 3 is 2.60 bits per heavy atom. The van der Waals surface area contributed by atoms with Crippen molar-refractivity contribution in [3.05, 3.63) is 93.8 Å². The van der Waals surface area contributed by atoms with Crippen molar-refractivity contribution in [2.24, 2.45) is 0 Å². The maximum atomic E-state index is 12.9. The van der Waals surface area contributed by atoms with Gasteiger partial charge in [-0.1, -0.05) is 18.2 Å². The van der Waals surface area contributed by atoms with Crippen LogP contribution in [-0.4, -0.2) is 47.9 Å². The van der Waals surface area contributed by atoms with Gasteiger partial charge in [0.1, 0.15) is 0 Å². The Labute approximate surface area is 199 Å². The van der Waals surface area contributed by atoms with Gasteiger partial charge in [0.2, 0.25) is 5.89 Å². The number of benzene rings is 3. The fourth-order valence-electron chi connectivity index (χ4n) is 3.89. The van der Waals surface area contributed by atoms with Crippen molar-refractivity contribution in [3.63, 3.8) is 0 Å². The van der Waals surface area contributed by atoms with Crippen LogP contribution in [0.3, 0.4) is 0 Å². The monoisotopic (exact) mass is 469 g/mol. The lowest BCUT2D eigenvalue weighted by Gasteiger charge is -2.12. The molecule has 1 aliphatic heterocycles. The number of methoxy groups -OCH3 is 1. The second kappa shape index (κ2) is 8.96. The molecule has 0 fully saturated rings. The molecular weight excluding hydrogens is 450 g/mol. The Bertz CT molecular complexity index is 1560. The molecule has 2 heterocycles. The zero-order chi connectivity index (χ0) is 24.5. The summed E-state index contributed by atoms with van der Waals surface area (Å²) in [5.74, 6) is -1.21. The Balaban J connectivity index is 1.39. The van der Waals surface area contributed by atoms with Gasteiger partial charge in [-0.2, -0.15) is 0 Å². The average molecular weight is 469 g/mol. The van der Waals surface area contributed by atoms with E-state index in [2.05, 4.69) is 10.3 Å². The van der Waals surface area contributed by atoms with E-state index in [4.69, 9.17) is 9.15 Å². The molecule has 0 unspecified atom stereocenters. The molecule has 0 aliphatic carbocycles. The molecule has 0 spiro atoms. The lowest BCUT2D eigenvalue weighted by Crippen LogP contribution is -2.32. The van der Waals surface area contributed by atoms with Gasteiger partial charge in [0.15, 0.2) is 0 Å². The van der Waals surface area contributed by atoms with E-state index in [1.165, 1.54) is 25.3 Å². The number of fused-ring (bicyclic) bond motifs is 2. The molecule has 0 radical (unpaired) electrons. The zero-order valence-electron chi connectivity index (χ0n) is 18.6. The molecule has 0 atom stereocenters. The fourth-order valence-corrected chi connectivity index (χ4v) is 3.89. The number of imide groups is 1. The van der Waals surface area contributed by atoms with Crippen LogP contribution in [0, 0.1) is 0 Å². The molecule has 9 nitrogen and oxygen atoms in total. The van der Waals surface area contributed by atoms with Crippen LogP contribution >= 0.6 is 0 Å². The van der Waals surface area contributed by atoms with Gasteiger partial charge in [0, 0.05) is 23.9 Å². The SMILES string of the molecule is COCCN1C(=O)c2ccc(C(=O)Nc3cccc(-c4nc5ccccc5c(=O)o4)c3)cc2C1=O. The molecule has 0 bridgehead atoms. The Hall–Kier alpha value is -4.63. The lowest BCUT2D eigenvalue weighted by atomic mass is 10.1. The number of ether oxygens (including phenoxy) is 1. The standard InChI is InChI=1S/C26H19N3O6/c1-34-12-11-29-24(31)18-10-9-15(14-20(18)25(29)32)22(30)27-17-6-4-5-16(13-17)23-28-21-8-3-2-7-19(21)26(33)35-23/h2-10,13-14H,11-12H2,1H3,(H,27,30). The quantitative estimate of drug-likeness (QED) is 0.430. The van der Waals surface area contributed by atoms with Crippen LogP contribution in [0.2, 0.25) is 0 Å². The Morgan fingerprint density at radius 2 is 1.77 bits per heavy atom. The number of rotatable bonds is 6. The summed E-state index contributed by atoms with van der Waals surface area (Å²) in [7, 11) is 1.49. The van der Waals surface area contributed by atoms with E-state index in [-0.39, 0.29) is 35.7 Å². The van der Waals surface area contributed by atoms with E-state index in [9.17, 15) is 19.2 Å². The van der Waals surface area contributed by atoms with E-state index in [0.717, 1.165) is 4.90 Å². The fraction of sp³-hybridized carbons (Fsp3) is 0.115. The number of hydrogen-bond donors (Lipinski definition) is 1. The third kappa shape index (κ3) is 4.09. The molecule has 0 saturated carbocycles. The summed E-state index contributed by atoms with van der Waals surface area (Å²) in [6.07, 6.45) is 0. The van der Waals surface area contributed by atoms with E-state index in [0.29, 0.717) is 22.2 Å². The number of para-hydroxylation sites is 1. The number of nitrogens with zero attached hydrogens (tertiary/aromatic N) is 2. The largest absolute Gasteiger partial charge is 0.403 e. The van der Waals surface area contributed by atoms with Gasteiger partial charge in [0.25, 0.3) is 17.7 Å². The molecule has 3 amide bonds. The first-order valence-corrected chi connectivity index (χ1v) is 10.8. The lowest BCUT2D eigenvalue weighted by molar-refractivity contribution is 0.0603. The van der Waals surface area contributed by atoms with Gasteiger partial charge in [-0.25, -0.2) is 9.78 Å². The van der Waals surface area contributed by atoms with Gasteiger partial charge in [0.05, 0.1) is 35.2 Å². The highest BCUT2D eigenvalue weighted by Gasteiger charge is 2.35. The maximum absolute atomic E-state index is 12.9. The number of anilines is 1. The normalized spacial score (nSPS) is 12.8. The van der Waals surface area contributed by atoms with Gasteiger partial charge in [-0.3, -0.25) is 19.3 Å². The van der Waals surface area contributed by atoms with Crippen LogP contribution < -0.4 is 10.9 Å². The van der Waals surface area contributed by atoms with Gasteiger partial charge >= 0.3 is 5.63 Å². The molecule has 0 saturated heterocycles. The van der Waals surface area contributed by atoms with Crippen molar-refractivity contribution in [2.75, 3.05) is 25.6 Å². The topological polar surface area (TPSA) is 119 Å². The van der Waals surface area contributed by atoms with Gasteiger partial charge in [-0.15, -0.1) is 0 Å². The minimum Gasteiger partial charge on any atom is -0.403 e. The minimum absolute atomic E-state index is 0.127. The summed E-state index contributed by atoms with van der Waals surface area (Å²) in [4.78, 5) is 55.8. The number of hydrogen-bond acceptors (Lipinski definition) is 7. The second-order valence-corrected chi connectivity index (χ2v) is 7.87. The van der Waals surface area contributed by atoms with Crippen LogP contribution in [0.25, 0.3) is 22.4 Å². The van der Waals surface area contributed by atoms with Crippen molar-refractivity contribution >= 4 is 34.3 Å². The van der Waals surface area contributed by atoms with Crippen molar-refractivity contribution < 1.29 is 23.5 Å². The predicted octanol–water partition coefficient (Wildman–Crippen LogP) is 3.35. The third-order valence-corrected chi connectivity index (χ3v) is 5.65. The Kier molecular flexibility index (Phi) is 5.68. The minimum atomic E-state index is -0.503. The Morgan fingerprint density at radius 1 is 0.971 bits per heavy atom. The summed E-state index contributed by atoms with van der Waals surface area (Å²) < 4.78 is 10.3. The van der Waals surface area contributed by atoms with Crippen LogP contribution in [0.15, 0.2) is 75.9 Å². The molecule has 1 aromatic heterocycles. The number of nitrogens with one attached hydrogen (secondary N) is 1. The van der Waals surface area contributed by atoms with E-state index in [1.54, 1.807) is 48.5 Å². The average Bonchev–Trinajstić information content (AvgIpc) is 3.11. The first-order valence-electron chi connectivity index (χ1n) is 10.8. The molecule has 3 aromatic carbocycles. The smallest absolute Gasteiger partial charge is 0.347 e. The molecule has 1 N–H and O–H groups in total.